The molecule has 0 aliphatic carbocycles. The standard InChI is InChI=1S/C21H19N9OS/c31-20(15-8-29(9-15)18-7-19(24-12-23-18)30-13-22-11-25-30)26-16-3-1-2-14(6-16)17-10-28-4-5-32-21(28)27-17/h1-3,6-7,10-13,15H,4-5,8-9H2,(H,26,31). The van der Waals surface area contributed by atoms with Gasteiger partial charge in [0.05, 0.1) is 11.6 Å². The van der Waals surface area contributed by atoms with E-state index in [1.54, 1.807) is 22.8 Å². The fourth-order valence-corrected chi connectivity index (χ4v) is 4.79. The van der Waals surface area contributed by atoms with Crippen LogP contribution in [0.25, 0.3) is 17.1 Å². The Kier molecular flexibility index (Phi) is 4.60. The van der Waals surface area contributed by atoms with Gasteiger partial charge in [-0.25, -0.2) is 24.6 Å². The molecular formula is C21H19N9OS. The third-order valence-electron chi connectivity index (χ3n) is 5.60. The van der Waals surface area contributed by atoms with E-state index >= 15 is 0 Å². The van der Waals surface area contributed by atoms with Crippen molar-refractivity contribution in [3.8, 4) is 17.1 Å². The van der Waals surface area contributed by atoms with Gasteiger partial charge in [0.25, 0.3) is 0 Å². The number of hydrogen-bond acceptors (Lipinski definition) is 8. The number of amides is 1. The Morgan fingerprint density at radius 3 is 2.88 bits per heavy atom. The number of aryl methyl sites for hydroxylation is 1. The summed E-state index contributed by atoms with van der Waals surface area (Å²) in [6.45, 7) is 2.20. The smallest absolute Gasteiger partial charge is 0.231 e. The molecule has 0 saturated carbocycles. The highest BCUT2D eigenvalue weighted by atomic mass is 32.2. The van der Waals surface area contributed by atoms with E-state index in [1.165, 1.54) is 12.7 Å². The van der Waals surface area contributed by atoms with E-state index in [0.29, 0.717) is 18.9 Å². The molecule has 0 spiro atoms. The van der Waals surface area contributed by atoms with Crippen molar-refractivity contribution in [2.24, 2.45) is 5.92 Å². The van der Waals surface area contributed by atoms with Crippen LogP contribution >= 0.6 is 11.8 Å². The summed E-state index contributed by atoms with van der Waals surface area (Å²) in [6, 6.07) is 9.69. The van der Waals surface area contributed by atoms with Crippen molar-refractivity contribution >= 4 is 29.2 Å². The summed E-state index contributed by atoms with van der Waals surface area (Å²) < 4.78 is 3.76. The molecule has 6 rings (SSSR count). The molecule has 1 amide bonds. The lowest BCUT2D eigenvalue weighted by molar-refractivity contribution is -0.120. The number of carbonyl (C=O) groups is 1. The van der Waals surface area contributed by atoms with Crippen LogP contribution in [0.5, 0.6) is 0 Å². The maximum atomic E-state index is 12.8. The number of carbonyl (C=O) groups excluding carboxylic acids is 1. The number of nitrogens with zero attached hydrogens (tertiary/aromatic N) is 8. The number of aromatic nitrogens is 7. The van der Waals surface area contributed by atoms with Crippen LogP contribution in [-0.4, -0.2) is 59.0 Å². The number of fused-ring (bicyclic) bond motifs is 1. The number of rotatable bonds is 5. The average molecular weight is 446 g/mol. The zero-order valence-electron chi connectivity index (χ0n) is 17.0. The molecular weight excluding hydrogens is 426 g/mol. The average Bonchev–Trinajstić information content (AvgIpc) is 3.51. The first kappa shape index (κ1) is 19.0. The van der Waals surface area contributed by atoms with Gasteiger partial charge in [0.1, 0.15) is 24.8 Å². The van der Waals surface area contributed by atoms with Gasteiger partial charge in [-0.2, -0.15) is 5.10 Å². The molecule has 5 heterocycles. The summed E-state index contributed by atoms with van der Waals surface area (Å²) in [4.78, 5) is 32.0. The lowest BCUT2D eigenvalue weighted by Gasteiger charge is -2.39. The van der Waals surface area contributed by atoms with Crippen LogP contribution in [0.15, 0.2) is 60.7 Å². The summed E-state index contributed by atoms with van der Waals surface area (Å²) in [7, 11) is 0. The molecule has 1 aromatic carbocycles. The first-order chi connectivity index (χ1) is 15.7. The minimum absolute atomic E-state index is 0.00634. The molecule has 0 radical (unpaired) electrons. The van der Waals surface area contributed by atoms with Gasteiger partial charge in [-0.3, -0.25) is 4.79 Å². The normalized spacial score (nSPS) is 15.4. The molecule has 10 nitrogen and oxygen atoms in total. The second kappa shape index (κ2) is 7.75. The van der Waals surface area contributed by atoms with Crippen LogP contribution in [0.2, 0.25) is 0 Å². The number of hydrogen-bond donors (Lipinski definition) is 1. The Morgan fingerprint density at radius 1 is 1.12 bits per heavy atom. The minimum Gasteiger partial charge on any atom is -0.355 e. The van der Waals surface area contributed by atoms with Crippen molar-refractivity contribution in [1.29, 1.82) is 0 Å². The molecule has 3 aromatic heterocycles. The fraction of sp³-hybridized carbons (Fsp3) is 0.238. The summed E-state index contributed by atoms with van der Waals surface area (Å²) >= 11 is 1.77. The number of imidazole rings is 1. The van der Waals surface area contributed by atoms with Crippen molar-refractivity contribution < 1.29 is 4.79 Å². The zero-order chi connectivity index (χ0) is 21.5. The van der Waals surface area contributed by atoms with E-state index in [2.05, 4.69) is 36.1 Å². The molecule has 1 saturated heterocycles. The van der Waals surface area contributed by atoms with Gasteiger partial charge in [-0.15, -0.1) is 0 Å². The Hall–Kier alpha value is -3.73. The SMILES string of the molecule is O=C(Nc1cccc(-c2cn3c(n2)SCC3)c1)C1CN(c2cc(-n3cncn3)ncn2)C1. The molecule has 160 valence electrons. The van der Waals surface area contributed by atoms with Crippen LogP contribution in [0.3, 0.4) is 0 Å². The second-order valence-electron chi connectivity index (χ2n) is 7.70. The van der Waals surface area contributed by atoms with Gasteiger partial charge in [-0.1, -0.05) is 23.9 Å². The van der Waals surface area contributed by atoms with E-state index in [-0.39, 0.29) is 11.8 Å². The monoisotopic (exact) mass is 445 g/mol. The lowest BCUT2D eigenvalue weighted by atomic mass is 9.99. The highest BCUT2D eigenvalue weighted by Crippen LogP contribution is 2.30. The Bertz CT molecular complexity index is 1260. The van der Waals surface area contributed by atoms with Gasteiger partial charge in [0.15, 0.2) is 11.0 Å². The van der Waals surface area contributed by atoms with Crippen molar-refractivity contribution in [3.63, 3.8) is 0 Å². The summed E-state index contributed by atoms with van der Waals surface area (Å²) in [5, 5.41) is 8.19. The van der Waals surface area contributed by atoms with E-state index in [4.69, 9.17) is 4.98 Å². The topological polar surface area (TPSA) is 107 Å². The molecule has 4 aromatic rings. The van der Waals surface area contributed by atoms with Crippen molar-refractivity contribution in [2.45, 2.75) is 11.7 Å². The molecule has 1 fully saturated rings. The van der Waals surface area contributed by atoms with Gasteiger partial charge in [0, 0.05) is 48.9 Å². The van der Waals surface area contributed by atoms with Gasteiger partial charge < -0.3 is 14.8 Å². The van der Waals surface area contributed by atoms with Crippen molar-refractivity contribution in [2.75, 3.05) is 29.1 Å². The quantitative estimate of drug-likeness (QED) is 0.498. The third-order valence-corrected chi connectivity index (χ3v) is 6.57. The maximum absolute atomic E-state index is 12.8. The van der Waals surface area contributed by atoms with Crippen molar-refractivity contribution in [3.05, 3.63) is 55.5 Å². The predicted octanol–water partition coefficient (Wildman–Crippen LogP) is 2.10. The first-order valence-electron chi connectivity index (χ1n) is 10.3. The molecule has 2 aliphatic rings. The summed E-state index contributed by atoms with van der Waals surface area (Å²) in [5.74, 6) is 2.39. The first-order valence-corrected chi connectivity index (χ1v) is 11.2. The number of thioether (sulfide) groups is 1. The second-order valence-corrected chi connectivity index (χ2v) is 8.76. The Labute approximate surface area is 187 Å². The minimum atomic E-state index is -0.101. The zero-order valence-corrected chi connectivity index (χ0v) is 17.8. The van der Waals surface area contributed by atoms with Crippen LogP contribution in [0.1, 0.15) is 0 Å². The van der Waals surface area contributed by atoms with Crippen LogP contribution in [0.4, 0.5) is 11.5 Å². The van der Waals surface area contributed by atoms with Crippen LogP contribution in [0, 0.1) is 5.92 Å². The third kappa shape index (κ3) is 3.50. The molecule has 32 heavy (non-hydrogen) atoms. The Balaban J connectivity index is 1.10. The number of anilines is 2. The van der Waals surface area contributed by atoms with E-state index in [0.717, 1.165) is 40.2 Å². The van der Waals surface area contributed by atoms with Gasteiger partial charge >= 0.3 is 0 Å². The molecule has 0 unspecified atom stereocenters. The Morgan fingerprint density at radius 2 is 2.03 bits per heavy atom. The van der Waals surface area contributed by atoms with Gasteiger partial charge in [0.2, 0.25) is 5.91 Å². The number of nitrogens with one attached hydrogen (secondary N) is 1. The molecule has 1 N–H and O–H groups in total. The summed E-state index contributed by atoms with van der Waals surface area (Å²) in [5.41, 5.74) is 2.72. The van der Waals surface area contributed by atoms with Crippen molar-refractivity contribution in [1.82, 2.24) is 34.3 Å². The lowest BCUT2D eigenvalue weighted by Crippen LogP contribution is -2.52. The molecule has 11 heteroatoms. The molecule has 0 bridgehead atoms. The highest BCUT2D eigenvalue weighted by molar-refractivity contribution is 7.99. The van der Waals surface area contributed by atoms with Crippen LogP contribution in [-0.2, 0) is 11.3 Å². The van der Waals surface area contributed by atoms with Gasteiger partial charge in [-0.05, 0) is 12.1 Å². The predicted molar refractivity (Wildman–Crippen MR) is 120 cm³/mol. The highest BCUT2D eigenvalue weighted by Gasteiger charge is 2.33. The molecule has 2 aliphatic heterocycles. The van der Waals surface area contributed by atoms with E-state index in [9.17, 15) is 4.79 Å². The largest absolute Gasteiger partial charge is 0.355 e. The molecule has 0 atom stereocenters. The maximum Gasteiger partial charge on any atom is 0.231 e. The number of benzene rings is 1. The van der Waals surface area contributed by atoms with Crippen LogP contribution < -0.4 is 10.2 Å². The van der Waals surface area contributed by atoms with E-state index in [1.807, 2.05) is 35.2 Å². The van der Waals surface area contributed by atoms with E-state index < -0.39 is 0 Å². The summed E-state index contributed by atoms with van der Waals surface area (Å²) in [6.07, 6.45) is 6.62. The fourth-order valence-electron chi connectivity index (χ4n) is 3.84.